The molecule has 0 unspecified atom stereocenters. The summed E-state index contributed by atoms with van der Waals surface area (Å²) in [6.45, 7) is 6.92. The summed E-state index contributed by atoms with van der Waals surface area (Å²) in [4.78, 5) is 0.218. The van der Waals surface area contributed by atoms with E-state index in [9.17, 15) is 8.42 Å². The fourth-order valence-corrected chi connectivity index (χ4v) is 4.55. The number of anilines is 1. The van der Waals surface area contributed by atoms with Gasteiger partial charge in [-0.15, -0.1) is 0 Å². The van der Waals surface area contributed by atoms with Crippen molar-refractivity contribution in [1.29, 1.82) is 0 Å². The molecule has 0 aromatic heterocycles. The Kier molecular flexibility index (Phi) is 3.58. The minimum Gasteiger partial charge on any atom is -0.398 e. The van der Waals surface area contributed by atoms with Crippen LogP contribution < -0.4 is 5.73 Å². The molecule has 1 aliphatic heterocycles. The van der Waals surface area contributed by atoms with Crippen LogP contribution >= 0.6 is 11.6 Å². The average Bonchev–Trinajstić information content (AvgIpc) is 2.64. The van der Waals surface area contributed by atoms with E-state index in [1.54, 1.807) is 13.0 Å². The highest BCUT2D eigenvalue weighted by Crippen LogP contribution is 2.35. The Morgan fingerprint density at radius 1 is 1.37 bits per heavy atom. The first-order valence-electron chi connectivity index (χ1n) is 6.19. The summed E-state index contributed by atoms with van der Waals surface area (Å²) in [6, 6.07) is 3.05. The van der Waals surface area contributed by atoms with Crippen molar-refractivity contribution >= 4 is 27.3 Å². The smallest absolute Gasteiger partial charge is 0.243 e. The highest BCUT2D eigenvalue weighted by molar-refractivity contribution is 7.89. The summed E-state index contributed by atoms with van der Waals surface area (Å²) in [5.74, 6) is 0. The van der Waals surface area contributed by atoms with E-state index in [4.69, 9.17) is 17.3 Å². The number of hydrogen-bond donors (Lipinski definition) is 1. The second-order valence-electron chi connectivity index (χ2n) is 5.87. The van der Waals surface area contributed by atoms with Crippen molar-refractivity contribution in [3.05, 3.63) is 22.7 Å². The molecular weight excluding hydrogens is 284 g/mol. The Morgan fingerprint density at radius 2 is 2.00 bits per heavy atom. The third-order valence-electron chi connectivity index (χ3n) is 3.63. The van der Waals surface area contributed by atoms with Crippen molar-refractivity contribution in [3.63, 3.8) is 0 Å². The predicted octanol–water partition coefficient (Wildman–Crippen LogP) is 2.65. The highest BCUT2D eigenvalue weighted by Gasteiger charge is 2.37. The van der Waals surface area contributed by atoms with Crippen LogP contribution in [0.4, 0.5) is 5.69 Å². The molecule has 0 spiro atoms. The molecule has 0 bridgehead atoms. The third kappa shape index (κ3) is 2.73. The molecule has 6 heteroatoms. The lowest BCUT2D eigenvalue weighted by Crippen LogP contribution is -2.31. The summed E-state index contributed by atoms with van der Waals surface area (Å²) in [5.41, 5.74) is 6.79. The molecule has 0 amide bonds. The van der Waals surface area contributed by atoms with Crippen LogP contribution in [-0.2, 0) is 10.0 Å². The van der Waals surface area contributed by atoms with Crippen LogP contribution in [0.2, 0.25) is 5.02 Å². The number of nitrogens with zero attached hydrogens (tertiary/aromatic N) is 1. The molecule has 19 heavy (non-hydrogen) atoms. The fourth-order valence-electron chi connectivity index (χ4n) is 2.35. The number of rotatable bonds is 2. The van der Waals surface area contributed by atoms with E-state index in [-0.39, 0.29) is 10.3 Å². The van der Waals surface area contributed by atoms with Gasteiger partial charge in [0.15, 0.2) is 0 Å². The Balaban J connectivity index is 2.47. The molecule has 2 rings (SSSR count). The lowest BCUT2D eigenvalue weighted by molar-refractivity contribution is 0.375. The molecule has 4 nitrogen and oxygen atoms in total. The molecule has 0 aliphatic carbocycles. The van der Waals surface area contributed by atoms with Crippen molar-refractivity contribution in [2.24, 2.45) is 5.41 Å². The van der Waals surface area contributed by atoms with Gasteiger partial charge in [0.05, 0.1) is 4.90 Å². The van der Waals surface area contributed by atoms with Crippen LogP contribution in [0.5, 0.6) is 0 Å². The van der Waals surface area contributed by atoms with Gasteiger partial charge < -0.3 is 5.73 Å². The van der Waals surface area contributed by atoms with Gasteiger partial charge in [0.2, 0.25) is 10.0 Å². The zero-order chi connectivity index (χ0) is 14.4. The van der Waals surface area contributed by atoms with Gasteiger partial charge in [-0.3, -0.25) is 0 Å². The van der Waals surface area contributed by atoms with Crippen LogP contribution in [0.1, 0.15) is 25.8 Å². The Morgan fingerprint density at radius 3 is 2.53 bits per heavy atom. The van der Waals surface area contributed by atoms with Crippen molar-refractivity contribution in [3.8, 4) is 0 Å². The van der Waals surface area contributed by atoms with Crippen LogP contribution in [0.25, 0.3) is 0 Å². The summed E-state index contributed by atoms with van der Waals surface area (Å²) in [6.07, 6.45) is 0.862. The average molecular weight is 303 g/mol. The SMILES string of the molecule is Cc1c(N)cc(Cl)cc1S(=O)(=O)N1CCC(C)(C)C1. The maximum atomic E-state index is 12.7. The summed E-state index contributed by atoms with van der Waals surface area (Å²) >= 11 is 5.93. The normalized spacial score (nSPS) is 19.8. The molecule has 1 aliphatic rings. The van der Waals surface area contributed by atoms with Gasteiger partial charge in [0.1, 0.15) is 0 Å². The van der Waals surface area contributed by atoms with E-state index in [0.29, 0.717) is 29.4 Å². The lowest BCUT2D eigenvalue weighted by atomic mass is 9.93. The molecule has 106 valence electrons. The van der Waals surface area contributed by atoms with Crippen molar-refractivity contribution in [2.45, 2.75) is 32.1 Å². The number of halogens is 1. The second kappa shape index (κ2) is 4.65. The molecule has 1 aromatic rings. The van der Waals surface area contributed by atoms with Crippen LogP contribution in [-0.4, -0.2) is 25.8 Å². The van der Waals surface area contributed by atoms with Gasteiger partial charge in [-0.2, -0.15) is 4.31 Å². The second-order valence-corrected chi connectivity index (χ2v) is 8.21. The molecule has 0 saturated carbocycles. The minimum atomic E-state index is -3.52. The first kappa shape index (κ1) is 14.6. The van der Waals surface area contributed by atoms with Gasteiger partial charge >= 0.3 is 0 Å². The van der Waals surface area contributed by atoms with Crippen molar-refractivity contribution in [2.75, 3.05) is 18.8 Å². The zero-order valence-corrected chi connectivity index (χ0v) is 13.0. The molecule has 1 fully saturated rings. The molecular formula is C13H19ClN2O2S. The lowest BCUT2D eigenvalue weighted by Gasteiger charge is -2.21. The minimum absolute atomic E-state index is 0.0189. The van der Waals surface area contributed by atoms with E-state index in [1.807, 2.05) is 0 Å². The van der Waals surface area contributed by atoms with Crippen LogP contribution in [0.15, 0.2) is 17.0 Å². The summed E-state index contributed by atoms with van der Waals surface area (Å²) in [7, 11) is -3.52. The standard InChI is InChI=1S/C13H19ClN2O2S/c1-9-11(15)6-10(14)7-12(9)19(17,18)16-5-4-13(2,3)8-16/h6-7H,4-5,8,15H2,1-3H3. The summed E-state index contributed by atoms with van der Waals surface area (Å²) < 4.78 is 26.8. The van der Waals surface area contributed by atoms with Crippen LogP contribution in [0.3, 0.4) is 0 Å². The Hall–Kier alpha value is -0.780. The maximum Gasteiger partial charge on any atom is 0.243 e. The predicted molar refractivity (Wildman–Crippen MR) is 77.8 cm³/mol. The third-order valence-corrected chi connectivity index (χ3v) is 5.81. The van der Waals surface area contributed by atoms with Crippen molar-refractivity contribution < 1.29 is 8.42 Å². The van der Waals surface area contributed by atoms with Crippen molar-refractivity contribution in [1.82, 2.24) is 4.31 Å². The van der Waals surface area contributed by atoms with E-state index < -0.39 is 10.0 Å². The maximum absolute atomic E-state index is 12.7. The molecule has 0 radical (unpaired) electrons. The van der Waals surface area contributed by atoms with Gasteiger partial charge in [-0.05, 0) is 36.5 Å². The number of nitrogen functional groups attached to an aromatic ring is 1. The number of hydrogen-bond acceptors (Lipinski definition) is 3. The highest BCUT2D eigenvalue weighted by atomic mass is 35.5. The Labute approximate surface area is 119 Å². The van der Waals surface area contributed by atoms with E-state index in [0.717, 1.165) is 6.42 Å². The fraction of sp³-hybridized carbons (Fsp3) is 0.538. The van der Waals surface area contributed by atoms with Gasteiger partial charge in [-0.1, -0.05) is 25.4 Å². The van der Waals surface area contributed by atoms with Gasteiger partial charge in [-0.25, -0.2) is 8.42 Å². The van der Waals surface area contributed by atoms with Crippen LogP contribution in [0, 0.1) is 12.3 Å². The van der Waals surface area contributed by atoms with E-state index >= 15 is 0 Å². The van der Waals surface area contributed by atoms with Gasteiger partial charge in [0.25, 0.3) is 0 Å². The number of benzene rings is 1. The first-order valence-corrected chi connectivity index (χ1v) is 8.01. The first-order chi connectivity index (χ1) is 8.63. The monoisotopic (exact) mass is 302 g/mol. The Bertz CT molecular complexity index is 611. The quantitative estimate of drug-likeness (QED) is 0.854. The zero-order valence-electron chi connectivity index (χ0n) is 11.4. The molecule has 1 heterocycles. The largest absolute Gasteiger partial charge is 0.398 e. The number of nitrogens with two attached hydrogens (primary N) is 1. The molecule has 1 saturated heterocycles. The topological polar surface area (TPSA) is 63.4 Å². The van der Waals surface area contributed by atoms with Gasteiger partial charge in [0, 0.05) is 23.8 Å². The molecule has 1 aromatic carbocycles. The summed E-state index contributed by atoms with van der Waals surface area (Å²) in [5, 5.41) is 0.347. The molecule has 0 atom stereocenters. The van der Waals surface area contributed by atoms with E-state index in [1.165, 1.54) is 10.4 Å². The number of sulfonamides is 1. The molecule has 2 N–H and O–H groups in total. The van der Waals surface area contributed by atoms with E-state index in [2.05, 4.69) is 13.8 Å².